The molecule has 0 saturated heterocycles. The van der Waals surface area contributed by atoms with E-state index in [2.05, 4.69) is 6.07 Å². The maximum absolute atomic E-state index is 12.1. The molecule has 0 fully saturated rings. The van der Waals surface area contributed by atoms with Crippen LogP contribution in [-0.4, -0.2) is 38.2 Å². The number of hydrogen-bond donors (Lipinski definition) is 0. The fourth-order valence-corrected chi connectivity index (χ4v) is 3.04. The maximum atomic E-state index is 12.1. The van der Waals surface area contributed by atoms with Gasteiger partial charge in [0.2, 0.25) is 5.91 Å². The van der Waals surface area contributed by atoms with Crippen molar-refractivity contribution in [1.82, 2.24) is 4.90 Å². The van der Waals surface area contributed by atoms with E-state index in [0.717, 1.165) is 28.2 Å². The molecule has 0 bridgehead atoms. The highest BCUT2D eigenvalue weighted by molar-refractivity contribution is 5.76. The quantitative estimate of drug-likeness (QED) is 0.854. The van der Waals surface area contributed by atoms with Crippen molar-refractivity contribution in [3.05, 3.63) is 42.0 Å². The minimum Gasteiger partial charge on any atom is -0.497 e. The first-order valence-electron chi connectivity index (χ1n) is 8.42. The predicted octanol–water partition coefficient (Wildman–Crippen LogP) is 3.50. The third-order valence-electron chi connectivity index (χ3n) is 4.38. The number of fused-ring (bicyclic) bond motifs is 1. The van der Waals surface area contributed by atoms with Gasteiger partial charge in [-0.1, -0.05) is 19.1 Å². The average Bonchev–Trinajstić information content (AvgIpc) is 2.89. The number of carbonyl (C=O) groups is 1. The van der Waals surface area contributed by atoms with Crippen LogP contribution in [0.1, 0.15) is 18.9 Å². The van der Waals surface area contributed by atoms with Gasteiger partial charge >= 0.3 is 0 Å². The minimum atomic E-state index is 0.127. The molecule has 0 spiro atoms. The molecule has 132 valence electrons. The van der Waals surface area contributed by atoms with Gasteiger partial charge in [0.15, 0.2) is 11.5 Å². The summed E-state index contributed by atoms with van der Waals surface area (Å²) in [6, 6.07) is 11.9. The molecule has 5 nitrogen and oxygen atoms in total. The first kappa shape index (κ1) is 17.1. The zero-order valence-electron chi connectivity index (χ0n) is 14.9. The van der Waals surface area contributed by atoms with Crippen LogP contribution in [0.2, 0.25) is 0 Å². The Morgan fingerprint density at radius 3 is 2.72 bits per heavy atom. The number of benzene rings is 2. The third kappa shape index (κ3) is 3.55. The van der Waals surface area contributed by atoms with Crippen molar-refractivity contribution in [2.75, 3.05) is 27.4 Å². The minimum absolute atomic E-state index is 0.127. The molecule has 1 amide bonds. The number of nitrogens with zero attached hydrogens (tertiary/aromatic N) is 1. The average molecular weight is 341 g/mol. The lowest BCUT2D eigenvalue weighted by Gasteiger charge is -2.19. The Hall–Kier alpha value is -2.69. The lowest BCUT2D eigenvalue weighted by atomic mass is 10.0. The Balaban J connectivity index is 2.05. The van der Waals surface area contributed by atoms with Gasteiger partial charge in [-0.2, -0.15) is 0 Å². The maximum Gasteiger partial charge on any atom is 0.222 e. The number of methoxy groups -OCH3 is 2. The Bertz CT molecular complexity index is 772. The number of rotatable bonds is 4. The van der Waals surface area contributed by atoms with Gasteiger partial charge in [-0.25, -0.2) is 0 Å². The molecule has 25 heavy (non-hydrogen) atoms. The van der Waals surface area contributed by atoms with Crippen molar-refractivity contribution in [1.29, 1.82) is 0 Å². The summed E-state index contributed by atoms with van der Waals surface area (Å²) in [6.07, 6.45) is 0.488. The van der Waals surface area contributed by atoms with Crippen LogP contribution in [0.4, 0.5) is 0 Å². The van der Waals surface area contributed by atoms with Gasteiger partial charge in [0, 0.05) is 18.5 Å². The lowest BCUT2D eigenvalue weighted by molar-refractivity contribution is -0.131. The number of carbonyl (C=O) groups excluding carboxylic acids is 1. The molecule has 0 aromatic heterocycles. The molecule has 1 aliphatic heterocycles. The molecule has 5 heteroatoms. The van der Waals surface area contributed by atoms with E-state index in [1.54, 1.807) is 14.2 Å². The molecule has 1 aliphatic rings. The van der Waals surface area contributed by atoms with Crippen molar-refractivity contribution < 1.29 is 19.0 Å². The molecule has 3 rings (SSSR count). The van der Waals surface area contributed by atoms with Gasteiger partial charge in [-0.15, -0.1) is 0 Å². The van der Waals surface area contributed by atoms with Crippen LogP contribution >= 0.6 is 0 Å². The summed E-state index contributed by atoms with van der Waals surface area (Å²) in [5.74, 6) is 2.33. The van der Waals surface area contributed by atoms with Crippen LogP contribution in [-0.2, 0) is 11.3 Å². The summed E-state index contributed by atoms with van der Waals surface area (Å²) in [7, 11) is 3.28. The number of hydrogen-bond acceptors (Lipinski definition) is 4. The van der Waals surface area contributed by atoms with Crippen LogP contribution in [0.25, 0.3) is 11.1 Å². The van der Waals surface area contributed by atoms with Crippen LogP contribution < -0.4 is 14.2 Å². The Labute approximate surface area is 148 Å². The molecule has 0 saturated carbocycles. The molecule has 0 radical (unpaired) electrons. The lowest BCUT2D eigenvalue weighted by Crippen LogP contribution is -2.31. The summed E-state index contributed by atoms with van der Waals surface area (Å²) in [4.78, 5) is 14.0. The molecule has 0 N–H and O–H groups in total. The molecule has 1 heterocycles. The van der Waals surface area contributed by atoms with Gasteiger partial charge < -0.3 is 19.1 Å². The predicted molar refractivity (Wildman–Crippen MR) is 96.2 cm³/mol. The normalized spacial score (nSPS) is 13.5. The Kier molecular flexibility index (Phi) is 5.12. The van der Waals surface area contributed by atoms with Crippen molar-refractivity contribution in [3.63, 3.8) is 0 Å². The SMILES string of the molecule is CCC(=O)N1CCOc2c(cc(-c3cccc(OC)c3)cc2OC)C1. The second kappa shape index (κ2) is 7.47. The highest BCUT2D eigenvalue weighted by atomic mass is 16.5. The van der Waals surface area contributed by atoms with Crippen molar-refractivity contribution in [2.45, 2.75) is 19.9 Å². The third-order valence-corrected chi connectivity index (χ3v) is 4.38. The molecule has 2 aromatic rings. The van der Waals surface area contributed by atoms with Crippen molar-refractivity contribution >= 4 is 5.91 Å². The molecular weight excluding hydrogens is 318 g/mol. The van der Waals surface area contributed by atoms with E-state index in [-0.39, 0.29) is 5.91 Å². The summed E-state index contributed by atoms with van der Waals surface area (Å²) < 4.78 is 16.8. The van der Waals surface area contributed by atoms with Gasteiger partial charge in [0.25, 0.3) is 0 Å². The van der Waals surface area contributed by atoms with Crippen molar-refractivity contribution in [3.8, 4) is 28.4 Å². The van der Waals surface area contributed by atoms with E-state index in [1.807, 2.05) is 42.2 Å². The topological polar surface area (TPSA) is 48.0 Å². The Morgan fingerprint density at radius 2 is 2.00 bits per heavy atom. The van der Waals surface area contributed by atoms with E-state index in [0.29, 0.717) is 31.9 Å². The van der Waals surface area contributed by atoms with Crippen LogP contribution in [0.5, 0.6) is 17.2 Å². The van der Waals surface area contributed by atoms with Gasteiger partial charge in [-0.05, 0) is 35.4 Å². The molecular formula is C20H23NO4. The zero-order valence-corrected chi connectivity index (χ0v) is 14.9. The van der Waals surface area contributed by atoms with Gasteiger partial charge in [0.1, 0.15) is 12.4 Å². The molecule has 0 unspecified atom stereocenters. The summed E-state index contributed by atoms with van der Waals surface area (Å²) in [6.45, 7) is 3.45. The number of amides is 1. The fraction of sp³-hybridized carbons (Fsp3) is 0.350. The van der Waals surface area contributed by atoms with Gasteiger partial charge in [0.05, 0.1) is 20.8 Å². The van der Waals surface area contributed by atoms with Crippen molar-refractivity contribution in [2.24, 2.45) is 0 Å². The zero-order chi connectivity index (χ0) is 17.8. The summed E-state index contributed by atoms with van der Waals surface area (Å²) in [5, 5.41) is 0. The van der Waals surface area contributed by atoms with Crippen LogP contribution in [0.15, 0.2) is 36.4 Å². The highest BCUT2D eigenvalue weighted by Gasteiger charge is 2.22. The van der Waals surface area contributed by atoms with E-state index in [1.165, 1.54) is 0 Å². The van der Waals surface area contributed by atoms with E-state index < -0.39 is 0 Å². The largest absolute Gasteiger partial charge is 0.497 e. The fourth-order valence-electron chi connectivity index (χ4n) is 3.04. The monoisotopic (exact) mass is 341 g/mol. The second-order valence-corrected chi connectivity index (χ2v) is 5.92. The first-order chi connectivity index (χ1) is 12.2. The molecule has 0 atom stereocenters. The molecule has 2 aromatic carbocycles. The summed E-state index contributed by atoms with van der Waals surface area (Å²) >= 11 is 0. The van der Waals surface area contributed by atoms with E-state index in [4.69, 9.17) is 14.2 Å². The second-order valence-electron chi connectivity index (χ2n) is 5.92. The number of ether oxygens (including phenoxy) is 3. The van der Waals surface area contributed by atoms with E-state index in [9.17, 15) is 4.79 Å². The Morgan fingerprint density at radius 1 is 1.16 bits per heavy atom. The smallest absolute Gasteiger partial charge is 0.222 e. The highest BCUT2D eigenvalue weighted by Crippen LogP contribution is 2.39. The molecule has 0 aliphatic carbocycles. The van der Waals surface area contributed by atoms with Gasteiger partial charge in [-0.3, -0.25) is 4.79 Å². The van der Waals surface area contributed by atoms with Crippen LogP contribution in [0.3, 0.4) is 0 Å². The van der Waals surface area contributed by atoms with Crippen LogP contribution in [0, 0.1) is 0 Å². The summed E-state index contributed by atoms with van der Waals surface area (Å²) in [5.41, 5.74) is 2.98. The first-order valence-corrected chi connectivity index (χ1v) is 8.42. The standard InChI is InChI=1S/C20H23NO4/c1-4-19(22)21-8-9-25-20-16(13-21)10-15(12-18(20)24-3)14-6-5-7-17(11-14)23-2/h5-7,10-12H,4,8-9,13H2,1-3H3. The van der Waals surface area contributed by atoms with E-state index >= 15 is 0 Å².